The molecule has 0 heteroatoms. The van der Waals surface area contributed by atoms with Crippen molar-refractivity contribution in [1.29, 1.82) is 0 Å². The van der Waals surface area contributed by atoms with Gasteiger partial charge in [0.25, 0.3) is 0 Å². The summed E-state index contributed by atoms with van der Waals surface area (Å²) in [7, 11) is 0. The van der Waals surface area contributed by atoms with Crippen molar-refractivity contribution in [2.24, 2.45) is 75.4 Å². The molecule has 9 unspecified atom stereocenters. The molecule has 0 nitrogen and oxygen atoms in total. The van der Waals surface area contributed by atoms with Crippen LogP contribution >= 0.6 is 0 Å². The predicted octanol–water partition coefficient (Wildman–Crippen LogP) is 10.0. The Balaban J connectivity index is 1.48. The highest BCUT2D eigenvalue weighted by atomic mass is 14.7. The lowest BCUT2D eigenvalue weighted by atomic mass is 9.54. The van der Waals surface area contributed by atoms with E-state index in [0.29, 0.717) is 16.2 Å². The number of fused-ring (bicyclic) bond motifs is 4. The van der Waals surface area contributed by atoms with Crippen molar-refractivity contribution in [2.75, 3.05) is 0 Å². The summed E-state index contributed by atoms with van der Waals surface area (Å²) in [5.74, 6) is 10.2. The maximum Gasteiger partial charge on any atom is -0.0289 e. The zero-order valence-corrected chi connectivity index (χ0v) is 23.8. The van der Waals surface area contributed by atoms with Gasteiger partial charge in [0, 0.05) is 0 Å². The Bertz CT molecular complexity index is 648. The molecule has 0 saturated heterocycles. The molecule has 190 valence electrons. The van der Waals surface area contributed by atoms with Crippen LogP contribution in [-0.4, -0.2) is 0 Å². The van der Waals surface area contributed by atoms with Crippen molar-refractivity contribution >= 4 is 0 Å². The Labute approximate surface area is 207 Å². The van der Waals surface area contributed by atoms with E-state index in [1.807, 2.05) is 0 Å². The summed E-state index contributed by atoms with van der Waals surface area (Å²) in [5, 5.41) is 0. The van der Waals surface area contributed by atoms with E-state index in [1.165, 1.54) is 25.7 Å². The zero-order chi connectivity index (χ0) is 23.8. The van der Waals surface area contributed by atoms with E-state index in [1.54, 1.807) is 51.4 Å². The Kier molecular flexibility index (Phi) is 6.39. The molecular weight excluding hydrogens is 396 g/mol. The van der Waals surface area contributed by atoms with Gasteiger partial charge >= 0.3 is 0 Å². The number of hydrogen-bond acceptors (Lipinski definition) is 0. The maximum atomic E-state index is 2.81. The van der Waals surface area contributed by atoms with Crippen LogP contribution in [0.25, 0.3) is 0 Å². The molecule has 5 saturated carbocycles. The van der Waals surface area contributed by atoms with Crippen LogP contribution in [0.2, 0.25) is 0 Å². The minimum Gasteiger partial charge on any atom is -0.0599 e. The van der Waals surface area contributed by atoms with Gasteiger partial charge in [-0.1, -0.05) is 74.7 Å². The van der Waals surface area contributed by atoms with Crippen LogP contribution < -0.4 is 0 Å². The first kappa shape index (κ1) is 24.7. The SMILES string of the molecule is CC(C)(C)C1CCC2C3CCC(C(C)(C)C)CC3C(C(C)(C)C3CCC4CCCCC43)C2C1. The highest BCUT2D eigenvalue weighted by molar-refractivity contribution is 5.09. The summed E-state index contributed by atoms with van der Waals surface area (Å²) in [4.78, 5) is 0. The molecule has 0 aliphatic heterocycles. The molecule has 9 atom stereocenters. The molecule has 5 aliphatic carbocycles. The second-order valence-corrected chi connectivity index (χ2v) is 16.6. The predicted molar refractivity (Wildman–Crippen MR) is 143 cm³/mol. The Morgan fingerprint density at radius 2 is 0.970 bits per heavy atom. The molecule has 0 aromatic carbocycles. The monoisotopic (exact) mass is 454 g/mol. The van der Waals surface area contributed by atoms with Gasteiger partial charge in [0.15, 0.2) is 0 Å². The lowest BCUT2D eigenvalue weighted by molar-refractivity contribution is -0.0209. The molecule has 0 heterocycles. The molecule has 0 bridgehead atoms. The lowest BCUT2D eigenvalue weighted by Crippen LogP contribution is -2.44. The zero-order valence-electron chi connectivity index (χ0n) is 23.8. The first-order chi connectivity index (χ1) is 15.4. The number of hydrogen-bond donors (Lipinski definition) is 0. The molecule has 5 aliphatic rings. The summed E-state index contributed by atoms with van der Waals surface area (Å²) >= 11 is 0. The average Bonchev–Trinajstić information content (AvgIpc) is 3.31. The molecule has 5 rings (SSSR count). The maximum absolute atomic E-state index is 2.81. The fraction of sp³-hybridized carbons (Fsp3) is 1.00. The van der Waals surface area contributed by atoms with Crippen molar-refractivity contribution in [3.63, 3.8) is 0 Å². The molecule has 0 amide bonds. The second-order valence-electron chi connectivity index (χ2n) is 16.6. The minimum absolute atomic E-state index is 0.489. The first-order valence-electron chi connectivity index (χ1n) is 15.4. The van der Waals surface area contributed by atoms with Gasteiger partial charge in [0.05, 0.1) is 0 Å². The van der Waals surface area contributed by atoms with Gasteiger partial charge in [-0.25, -0.2) is 0 Å². The van der Waals surface area contributed by atoms with Crippen LogP contribution in [0, 0.1) is 75.4 Å². The summed E-state index contributed by atoms with van der Waals surface area (Å²) < 4.78 is 0. The highest BCUT2D eigenvalue weighted by Gasteiger charge is 2.61. The first-order valence-corrected chi connectivity index (χ1v) is 15.4. The molecule has 0 N–H and O–H groups in total. The molecule has 0 spiro atoms. The van der Waals surface area contributed by atoms with E-state index < -0.39 is 0 Å². The summed E-state index contributed by atoms with van der Waals surface area (Å²) in [5.41, 5.74) is 1.52. The quantitative estimate of drug-likeness (QED) is 0.389. The fourth-order valence-corrected chi connectivity index (χ4v) is 11.2. The Morgan fingerprint density at radius 3 is 1.48 bits per heavy atom. The minimum atomic E-state index is 0.489. The fourth-order valence-electron chi connectivity index (χ4n) is 11.2. The standard InChI is InChI=1S/C33H58/c1-31(2,3)22-14-16-25-26-17-15-23(32(4,5)6)20-28(26)30(27(25)19-22)33(7,8)29-18-13-21-11-9-10-12-24(21)29/h21-30H,9-20H2,1-8H3. The second kappa shape index (κ2) is 8.54. The molecular formula is C33H58. The van der Waals surface area contributed by atoms with Crippen LogP contribution in [-0.2, 0) is 0 Å². The molecule has 0 aromatic heterocycles. The molecule has 0 aromatic rings. The smallest absolute Gasteiger partial charge is 0.0289 e. The number of rotatable bonds is 2. The van der Waals surface area contributed by atoms with Gasteiger partial charge < -0.3 is 0 Å². The third-order valence-electron chi connectivity index (χ3n) is 13.0. The van der Waals surface area contributed by atoms with Crippen LogP contribution in [0.1, 0.15) is 132 Å². The van der Waals surface area contributed by atoms with Crippen molar-refractivity contribution in [2.45, 2.75) is 132 Å². The molecule has 5 fully saturated rings. The molecule has 33 heavy (non-hydrogen) atoms. The lowest BCUT2D eigenvalue weighted by Gasteiger charge is -2.51. The largest absolute Gasteiger partial charge is 0.0599 e. The van der Waals surface area contributed by atoms with Crippen LogP contribution in [0.15, 0.2) is 0 Å². The third kappa shape index (κ3) is 4.28. The third-order valence-corrected chi connectivity index (χ3v) is 13.0. The van der Waals surface area contributed by atoms with Gasteiger partial charge in [0.1, 0.15) is 0 Å². The van der Waals surface area contributed by atoms with E-state index in [9.17, 15) is 0 Å². The van der Waals surface area contributed by atoms with Crippen molar-refractivity contribution in [1.82, 2.24) is 0 Å². The van der Waals surface area contributed by atoms with Crippen LogP contribution in [0.3, 0.4) is 0 Å². The van der Waals surface area contributed by atoms with Crippen molar-refractivity contribution < 1.29 is 0 Å². The summed E-state index contributed by atoms with van der Waals surface area (Å²) in [6.45, 7) is 20.9. The Hall–Kier alpha value is 0. The van der Waals surface area contributed by atoms with E-state index in [0.717, 1.165) is 59.2 Å². The van der Waals surface area contributed by atoms with Gasteiger partial charge in [-0.2, -0.15) is 0 Å². The van der Waals surface area contributed by atoms with E-state index >= 15 is 0 Å². The van der Waals surface area contributed by atoms with Crippen molar-refractivity contribution in [3.8, 4) is 0 Å². The summed E-state index contributed by atoms with van der Waals surface area (Å²) in [6, 6.07) is 0. The van der Waals surface area contributed by atoms with Crippen LogP contribution in [0.4, 0.5) is 0 Å². The average molecular weight is 455 g/mol. The van der Waals surface area contributed by atoms with Gasteiger partial charge in [-0.3, -0.25) is 0 Å². The van der Waals surface area contributed by atoms with Gasteiger partial charge in [-0.05, 0) is 133 Å². The molecule has 0 radical (unpaired) electrons. The normalized spacial score (nSPS) is 46.5. The van der Waals surface area contributed by atoms with Gasteiger partial charge in [0.2, 0.25) is 0 Å². The van der Waals surface area contributed by atoms with Gasteiger partial charge in [-0.15, -0.1) is 0 Å². The van der Waals surface area contributed by atoms with Crippen LogP contribution in [0.5, 0.6) is 0 Å². The highest BCUT2D eigenvalue weighted by Crippen LogP contribution is 2.68. The Morgan fingerprint density at radius 1 is 0.455 bits per heavy atom. The van der Waals surface area contributed by atoms with Crippen molar-refractivity contribution in [3.05, 3.63) is 0 Å². The topological polar surface area (TPSA) is 0 Å². The van der Waals surface area contributed by atoms with E-state index in [-0.39, 0.29) is 0 Å². The van der Waals surface area contributed by atoms with E-state index in [4.69, 9.17) is 0 Å². The van der Waals surface area contributed by atoms with E-state index in [2.05, 4.69) is 55.4 Å². The summed E-state index contributed by atoms with van der Waals surface area (Å²) in [6.07, 6.45) is 18.5.